The number of piperidine rings is 1. The molecule has 0 aliphatic carbocycles. The van der Waals surface area contributed by atoms with Crippen molar-refractivity contribution < 1.29 is 9.90 Å². The molecule has 0 amide bonds. The highest BCUT2D eigenvalue weighted by Gasteiger charge is 2.13. The minimum atomic E-state index is -0.763. The molecule has 16 heavy (non-hydrogen) atoms. The van der Waals surface area contributed by atoms with Gasteiger partial charge in [-0.05, 0) is 25.9 Å². The zero-order chi connectivity index (χ0) is 11.8. The molecule has 1 saturated heterocycles. The first kappa shape index (κ1) is 13.2. The summed E-state index contributed by atoms with van der Waals surface area (Å²) in [5.74, 6) is -0.763. The van der Waals surface area contributed by atoms with Crippen LogP contribution in [0.5, 0.6) is 0 Å². The maximum atomic E-state index is 10.6. The second kappa shape index (κ2) is 7.41. The van der Waals surface area contributed by atoms with Crippen molar-refractivity contribution in [3.63, 3.8) is 0 Å². The Kier molecular flexibility index (Phi) is 6.11. The molecule has 0 aromatic heterocycles. The molecular weight excluding hydrogens is 204 g/mol. The van der Waals surface area contributed by atoms with Gasteiger partial charge in [-0.15, -0.1) is 6.58 Å². The summed E-state index contributed by atoms with van der Waals surface area (Å²) in [4.78, 5) is 15.0. The van der Waals surface area contributed by atoms with Crippen molar-refractivity contribution in [1.82, 2.24) is 9.80 Å². The molecule has 0 aromatic carbocycles. The molecule has 1 heterocycles. The van der Waals surface area contributed by atoms with Crippen molar-refractivity contribution in [3.8, 4) is 0 Å². The highest BCUT2D eigenvalue weighted by atomic mass is 16.4. The number of nitrogens with zero attached hydrogens (tertiary/aromatic N) is 2. The molecule has 0 saturated carbocycles. The predicted octanol–water partition coefficient (Wildman–Crippen LogP) is 1.04. The van der Waals surface area contributed by atoms with Crippen LogP contribution in [-0.2, 0) is 4.79 Å². The first-order valence-electron chi connectivity index (χ1n) is 6.00. The lowest BCUT2D eigenvalue weighted by Crippen LogP contribution is -2.39. The topological polar surface area (TPSA) is 43.8 Å². The number of carboxylic acids is 1. The van der Waals surface area contributed by atoms with Crippen molar-refractivity contribution in [2.45, 2.75) is 19.3 Å². The quantitative estimate of drug-likeness (QED) is 0.659. The van der Waals surface area contributed by atoms with Crippen molar-refractivity contribution >= 4 is 5.97 Å². The van der Waals surface area contributed by atoms with E-state index in [-0.39, 0.29) is 6.54 Å². The van der Waals surface area contributed by atoms with Gasteiger partial charge in [0, 0.05) is 19.6 Å². The number of rotatable bonds is 7. The van der Waals surface area contributed by atoms with E-state index in [0.29, 0.717) is 6.54 Å². The van der Waals surface area contributed by atoms with Gasteiger partial charge in [-0.25, -0.2) is 0 Å². The third-order valence-corrected chi connectivity index (χ3v) is 2.93. The number of hydrogen-bond donors (Lipinski definition) is 1. The molecule has 1 aliphatic rings. The summed E-state index contributed by atoms with van der Waals surface area (Å²) in [6, 6.07) is 0. The van der Waals surface area contributed by atoms with E-state index in [2.05, 4.69) is 11.5 Å². The van der Waals surface area contributed by atoms with Crippen LogP contribution >= 0.6 is 0 Å². The fraction of sp³-hybridized carbons (Fsp3) is 0.750. The smallest absolute Gasteiger partial charge is 0.317 e. The fourth-order valence-electron chi connectivity index (χ4n) is 2.07. The van der Waals surface area contributed by atoms with Gasteiger partial charge in [-0.3, -0.25) is 9.69 Å². The maximum absolute atomic E-state index is 10.6. The van der Waals surface area contributed by atoms with Crippen LogP contribution in [0.3, 0.4) is 0 Å². The Bertz CT molecular complexity index is 225. The Balaban J connectivity index is 2.24. The molecule has 0 atom stereocenters. The molecule has 0 spiro atoms. The standard InChI is InChI=1S/C12H22N2O2/c1-2-6-14(11-12(15)16)10-9-13-7-4-3-5-8-13/h2H,1,3-11H2,(H,15,16). The summed E-state index contributed by atoms with van der Waals surface area (Å²) in [5, 5.41) is 8.76. The second-order valence-corrected chi connectivity index (χ2v) is 4.32. The number of hydrogen-bond acceptors (Lipinski definition) is 3. The summed E-state index contributed by atoms with van der Waals surface area (Å²) >= 11 is 0. The summed E-state index contributed by atoms with van der Waals surface area (Å²) in [5.41, 5.74) is 0. The van der Waals surface area contributed by atoms with Gasteiger partial charge in [0.05, 0.1) is 6.54 Å². The van der Waals surface area contributed by atoms with Gasteiger partial charge in [0.15, 0.2) is 0 Å². The molecule has 1 N–H and O–H groups in total. The number of likely N-dealkylation sites (tertiary alicyclic amines) is 1. The molecule has 1 fully saturated rings. The highest BCUT2D eigenvalue weighted by molar-refractivity contribution is 5.69. The molecule has 0 unspecified atom stereocenters. The summed E-state index contributed by atoms with van der Waals surface area (Å²) in [7, 11) is 0. The van der Waals surface area contributed by atoms with Gasteiger partial charge < -0.3 is 10.0 Å². The van der Waals surface area contributed by atoms with Crippen LogP contribution in [0.15, 0.2) is 12.7 Å². The minimum absolute atomic E-state index is 0.111. The van der Waals surface area contributed by atoms with Crippen LogP contribution in [0.2, 0.25) is 0 Å². The Morgan fingerprint density at radius 2 is 2.06 bits per heavy atom. The van der Waals surface area contributed by atoms with Crippen LogP contribution < -0.4 is 0 Å². The van der Waals surface area contributed by atoms with Crippen LogP contribution in [0.1, 0.15) is 19.3 Å². The average Bonchev–Trinajstić information content (AvgIpc) is 2.27. The predicted molar refractivity (Wildman–Crippen MR) is 64.6 cm³/mol. The number of aliphatic carboxylic acids is 1. The van der Waals surface area contributed by atoms with Crippen molar-refractivity contribution in [3.05, 3.63) is 12.7 Å². The van der Waals surface area contributed by atoms with Gasteiger partial charge in [0.1, 0.15) is 0 Å². The average molecular weight is 226 g/mol. The monoisotopic (exact) mass is 226 g/mol. The zero-order valence-corrected chi connectivity index (χ0v) is 9.90. The molecule has 1 rings (SSSR count). The van der Waals surface area contributed by atoms with Gasteiger partial charge in [0.2, 0.25) is 0 Å². The van der Waals surface area contributed by atoms with E-state index in [4.69, 9.17) is 5.11 Å². The lowest BCUT2D eigenvalue weighted by molar-refractivity contribution is -0.138. The van der Waals surface area contributed by atoms with Gasteiger partial charge in [0.25, 0.3) is 0 Å². The molecule has 92 valence electrons. The maximum Gasteiger partial charge on any atom is 0.317 e. The van der Waals surface area contributed by atoms with Crippen molar-refractivity contribution in [2.24, 2.45) is 0 Å². The first-order valence-corrected chi connectivity index (χ1v) is 6.00. The van der Waals surface area contributed by atoms with E-state index in [1.807, 2.05) is 4.90 Å². The normalized spacial score (nSPS) is 17.6. The van der Waals surface area contributed by atoms with E-state index in [0.717, 1.165) is 26.2 Å². The van der Waals surface area contributed by atoms with Crippen LogP contribution in [0.25, 0.3) is 0 Å². The molecular formula is C12H22N2O2. The molecule has 0 radical (unpaired) electrons. The van der Waals surface area contributed by atoms with Gasteiger partial charge in [-0.1, -0.05) is 12.5 Å². The third-order valence-electron chi connectivity index (χ3n) is 2.93. The van der Waals surface area contributed by atoms with E-state index in [1.54, 1.807) is 6.08 Å². The summed E-state index contributed by atoms with van der Waals surface area (Å²) in [6.07, 6.45) is 5.65. The van der Waals surface area contributed by atoms with Gasteiger partial charge >= 0.3 is 5.97 Å². The zero-order valence-electron chi connectivity index (χ0n) is 9.90. The van der Waals surface area contributed by atoms with Crippen LogP contribution in [0, 0.1) is 0 Å². The van der Waals surface area contributed by atoms with E-state index in [9.17, 15) is 4.79 Å². The molecule has 4 heteroatoms. The Morgan fingerprint density at radius 1 is 1.38 bits per heavy atom. The first-order chi connectivity index (χ1) is 7.72. The lowest BCUT2D eigenvalue weighted by Gasteiger charge is -2.29. The second-order valence-electron chi connectivity index (χ2n) is 4.32. The number of carboxylic acid groups (broad SMARTS) is 1. The van der Waals surface area contributed by atoms with Crippen molar-refractivity contribution in [1.29, 1.82) is 0 Å². The molecule has 1 aliphatic heterocycles. The summed E-state index contributed by atoms with van der Waals surface area (Å²) < 4.78 is 0. The van der Waals surface area contributed by atoms with Crippen molar-refractivity contribution in [2.75, 3.05) is 39.3 Å². The summed E-state index contributed by atoms with van der Waals surface area (Å²) in [6.45, 7) is 8.53. The number of carbonyl (C=O) groups is 1. The largest absolute Gasteiger partial charge is 0.480 e. The van der Waals surface area contributed by atoms with Crippen LogP contribution in [-0.4, -0.2) is 60.1 Å². The Morgan fingerprint density at radius 3 is 2.62 bits per heavy atom. The Hall–Kier alpha value is -0.870. The van der Waals surface area contributed by atoms with E-state index < -0.39 is 5.97 Å². The van der Waals surface area contributed by atoms with Gasteiger partial charge in [-0.2, -0.15) is 0 Å². The molecule has 4 nitrogen and oxygen atoms in total. The van der Waals surface area contributed by atoms with E-state index in [1.165, 1.54) is 19.3 Å². The Labute approximate surface area is 97.5 Å². The van der Waals surface area contributed by atoms with Crippen LogP contribution in [0.4, 0.5) is 0 Å². The third kappa shape index (κ3) is 5.28. The fourth-order valence-corrected chi connectivity index (χ4v) is 2.07. The minimum Gasteiger partial charge on any atom is -0.480 e. The lowest BCUT2D eigenvalue weighted by atomic mass is 10.1. The molecule has 0 bridgehead atoms. The SMILES string of the molecule is C=CCN(CCN1CCCCC1)CC(=O)O. The molecule has 0 aromatic rings. The van der Waals surface area contributed by atoms with E-state index >= 15 is 0 Å². The highest BCUT2D eigenvalue weighted by Crippen LogP contribution is 2.08.